The number of nitrogens with one attached hydrogen (secondary N) is 1. The van der Waals surface area contributed by atoms with E-state index in [0.717, 1.165) is 36.0 Å². The Kier molecular flexibility index (Phi) is 4.75. The van der Waals surface area contributed by atoms with Crippen LogP contribution in [-0.4, -0.2) is 43.1 Å². The fourth-order valence-electron chi connectivity index (χ4n) is 3.89. The number of methoxy groups -OCH3 is 2. The molecule has 0 radical (unpaired) electrons. The van der Waals surface area contributed by atoms with E-state index >= 15 is 0 Å². The molecule has 1 aromatic heterocycles. The van der Waals surface area contributed by atoms with Gasteiger partial charge in [0.1, 0.15) is 11.5 Å². The number of para-hydroxylation sites is 1. The van der Waals surface area contributed by atoms with Crippen molar-refractivity contribution in [2.75, 3.05) is 27.3 Å². The van der Waals surface area contributed by atoms with E-state index in [0.29, 0.717) is 23.8 Å². The molecule has 0 bridgehead atoms. The molecule has 140 valence electrons. The highest BCUT2D eigenvalue weighted by atomic mass is 16.5. The van der Waals surface area contributed by atoms with E-state index in [4.69, 9.17) is 9.47 Å². The number of nitrogens with zero attached hydrogens (tertiary/aromatic N) is 1. The average Bonchev–Trinajstić information content (AvgIpc) is 3.16. The Labute approximate surface area is 158 Å². The first-order valence-electron chi connectivity index (χ1n) is 9.28. The second-order valence-electron chi connectivity index (χ2n) is 6.97. The summed E-state index contributed by atoms with van der Waals surface area (Å²) in [6.07, 6.45) is 2.06. The maximum absolute atomic E-state index is 13.0. The van der Waals surface area contributed by atoms with Gasteiger partial charge in [0.05, 0.1) is 19.8 Å². The van der Waals surface area contributed by atoms with E-state index in [1.807, 2.05) is 47.4 Å². The van der Waals surface area contributed by atoms with E-state index in [9.17, 15) is 4.79 Å². The molecule has 0 saturated carbocycles. The molecule has 1 unspecified atom stereocenters. The van der Waals surface area contributed by atoms with Crippen LogP contribution in [0.5, 0.6) is 11.5 Å². The van der Waals surface area contributed by atoms with Gasteiger partial charge in [-0.25, -0.2) is 0 Å². The third-order valence-electron chi connectivity index (χ3n) is 5.33. The van der Waals surface area contributed by atoms with Crippen LogP contribution in [-0.2, 0) is 0 Å². The Morgan fingerprint density at radius 1 is 1.11 bits per heavy atom. The van der Waals surface area contributed by atoms with Crippen LogP contribution in [0.4, 0.5) is 0 Å². The van der Waals surface area contributed by atoms with Crippen LogP contribution in [0.3, 0.4) is 0 Å². The summed E-state index contributed by atoms with van der Waals surface area (Å²) in [6, 6.07) is 15.6. The molecule has 0 spiro atoms. The summed E-state index contributed by atoms with van der Waals surface area (Å²) in [7, 11) is 3.28. The van der Waals surface area contributed by atoms with E-state index in [1.165, 1.54) is 5.69 Å². The molecule has 2 aromatic carbocycles. The molecule has 1 atom stereocenters. The number of hydrogen-bond acceptors (Lipinski definition) is 3. The lowest BCUT2D eigenvalue weighted by Crippen LogP contribution is -2.39. The predicted octanol–water partition coefficient (Wildman–Crippen LogP) is 4.20. The zero-order valence-electron chi connectivity index (χ0n) is 15.7. The van der Waals surface area contributed by atoms with Gasteiger partial charge in [0.25, 0.3) is 5.91 Å². The summed E-state index contributed by atoms with van der Waals surface area (Å²) >= 11 is 0. The third kappa shape index (κ3) is 3.37. The summed E-state index contributed by atoms with van der Waals surface area (Å²) in [5, 5.41) is 1.14. The molecule has 2 heterocycles. The van der Waals surface area contributed by atoms with Crippen LogP contribution in [0.25, 0.3) is 10.9 Å². The van der Waals surface area contributed by atoms with Gasteiger partial charge in [-0.15, -0.1) is 0 Å². The molecule has 1 aliphatic rings. The van der Waals surface area contributed by atoms with Crippen LogP contribution < -0.4 is 9.47 Å². The smallest absolute Gasteiger partial charge is 0.257 e. The standard InChI is InChI=1S/C22H24N2O3/c1-26-17-9-10-19-16(12-17)13-20(23-19)15-6-5-11-24(14-15)22(25)18-7-3-4-8-21(18)27-2/h3-4,7-10,12-13,15,23H,5-6,11,14H2,1-2H3. The van der Waals surface area contributed by atoms with Crippen molar-refractivity contribution < 1.29 is 14.3 Å². The molecule has 1 N–H and O–H groups in total. The van der Waals surface area contributed by atoms with Gasteiger partial charge in [0.2, 0.25) is 0 Å². The summed E-state index contributed by atoms with van der Waals surface area (Å²) in [5.41, 5.74) is 2.90. The largest absolute Gasteiger partial charge is 0.497 e. The van der Waals surface area contributed by atoms with Crippen molar-refractivity contribution in [1.82, 2.24) is 9.88 Å². The molecule has 5 nitrogen and oxygen atoms in total. The number of fused-ring (bicyclic) bond motifs is 1. The van der Waals surface area contributed by atoms with Crippen molar-refractivity contribution in [2.24, 2.45) is 0 Å². The number of carbonyl (C=O) groups excluding carboxylic acids is 1. The van der Waals surface area contributed by atoms with Crippen LogP contribution in [0, 0.1) is 0 Å². The fraction of sp³-hybridized carbons (Fsp3) is 0.318. The van der Waals surface area contributed by atoms with Crippen molar-refractivity contribution in [3.63, 3.8) is 0 Å². The number of rotatable bonds is 4. The minimum absolute atomic E-state index is 0.0370. The minimum atomic E-state index is 0.0370. The van der Waals surface area contributed by atoms with Crippen molar-refractivity contribution in [1.29, 1.82) is 0 Å². The Morgan fingerprint density at radius 3 is 2.78 bits per heavy atom. The molecular weight excluding hydrogens is 340 g/mol. The SMILES string of the molecule is COc1ccc2[nH]c(C3CCCN(C(=O)c4ccccc4OC)C3)cc2c1. The molecule has 27 heavy (non-hydrogen) atoms. The third-order valence-corrected chi connectivity index (χ3v) is 5.33. The molecule has 1 saturated heterocycles. The molecule has 3 aromatic rings. The number of carbonyl (C=O) groups is 1. The lowest BCUT2D eigenvalue weighted by Gasteiger charge is -2.32. The second-order valence-corrected chi connectivity index (χ2v) is 6.97. The molecule has 0 aliphatic carbocycles. The quantitative estimate of drug-likeness (QED) is 0.755. The monoisotopic (exact) mass is 364 g/mol. The van der Waals surface area contributed by atoms with Gasteiger partial charge in [0.15, 0.2) is 0 Å². The van der Waals surface area contributed by atoms with Gasteiger partial charge >= 0.3 is 0 Å². The number of benzene rings is 2. The first-order valence-corrected chi connectivity index (χ1v) is 9.28. The van der Waals surface area contributed by atoms with Gasteiger partial charge < -0.3 is 19.4 Å². The molecule has 1 amide bonds. The normalized spacial score (nSPS) is 17.1. The lowest BCUT2D eigenvalue weighted by atomic mass is 9.94. The van der Waals surface area contributed by atoms with Crippen LogP contribution in [0.1, 0.15) is 34.8 Å². The number of amides is 1. The Hall–Kier alpha value is -2.95. The first kappa shape index (κ1) is 17.5. The van der Waals surface area contributed by atoms with Crippen molar-refractivity contribution in [3.8, 4) is 11.5 Å². The van der Waals surface area contributed by atoms with Gasteiger partial charge in [-0.1, -0.05) is 12.1 Å². The number of piperidine rings is 1. The van der Waals surface area contributed by atoms with Crippen LogP contribution >= 0.6 is 0 Å². The zero-order valence-corrected chi connectivity index (χ0v) is 15.7. The summed E-state index contributed by atoms with van der Waals surface area (Å²) in [5.74, 6) is 1.82. The Morgan fingerprint density at radius 2 is 1.96 bits per heavy atom. The van der Waals surface area contributed by atoms with E-state index in [-0.39, 0.29) is 5.91 Å². The van der Waals surface area contributed by atoms with Crippen molar-refractivity contribution in [2.45, 2.75) is 18.8 Å². The number of likely N-dealkylation sites (tertiary alicyclic amines) is 1. The maximum Gasteiger partial charge on any atom is 0.257 e. The number of aromatic nitrogens is 1. The van der Waals surface area contributed by atoms with Crippen molar-refractivity contribution >= 4 is 16.8 Å². The molecular formula is C22H24N2O3. The van der Waals surface area contributed by atoms with Crippen LogP contribution in [0.15, 0.2) is 48.5 Å². The van der Waals surface area contributed by atoms with E-state index in [1.54, 1.807) is 14.2 Å². The number of aromatic amines is 1. The van der Waals surface area contributed by atoms with E-state index in [2.05, 4.69) is 11.1 Å². The minimum Gasteiger partial charge on any atom is -0.497 e. The second kappa shape index (κ2) is 7.35. The number of hydrogen-bond donors (Lipinski definition) is 1. The summed E-state index contributed by atoms with van der Waals surface area (Å²) in [6.45, 7) is 1.49. The molecule has 1 aliphatic heterocycles. The lowest BCUT2D eigenvalue weighted by molar-refractivity contribution is 0.0702. The van der Waals surface area contributed by atoms with Crippen molar-refractivity contribution in [3.05, 3.63) is 59.8 Å². The average molecular weight is 364 g/mol. The molecule has 4 rings (SSSR count). The number of H-pyrrole nitrogens is 1. The highest BCUT2D eigenvalue weighted by molar-refractivity contribution is 5.97. The van der Waals surface area contributed by atoms with Gasteiger partial charge in [0, 0.05) is 35.6 Å². The highest BCUT2D eigenvalue weighted by Crippen LogP contribution is 2.31. The van der Waals surface area contributed by atoms with Gasteiger partial charge in [-0.3, -0.25) is 4.79 Å². The van der Waals surface area contributed by atoms with E-state index < -0.39 is 0 Å². The maximum atomic E-state index is 13.0. The number of ether oxygens (including phenoxy) is 2. The fourth-order valence-corrected chi connectivity index (χ4v) is 3.89. The topological polar surface area (TPSA) is 54.6 Å². The predicted molar refractivity (Wildman–Crippen MR) is 106 cm³/mol. The van der Waals surface area contributed by atoms with Gasteiger partial charge in [-0.05, 0) is 49.2 Å². The zero-order chi connectivity index (χ0) is 18.8. The highest BCUT2D eigenvalue weighted by Gasteiger charge is 2.27. The van der Waals surface area contributed by atoms with Gasteiger partial charge in [-0.2, -0.15) is 0 Å². The Balaban J connectivity index is 1.57. The summed E-state index contributed by atoms with van der Waals surface area (Å²) in [4.78, 5) is 18.5. The Bertz CT molecular complexity index is 963. The molecule has 5 heteroatoms. The summed E-state index contributed by atoms with van der Waals surface area (Å²) < 4.78 is 10.7. The van der Waals surface area contributed by atoms with Crippen LogP contribution in [0.2, 0.25) is 0 Å². The first-order chi connectivity index (χ1) is 13.2. The molecule has 1 fully saturated rings.